The van der Waals surface area contributed by atoms with E-state index in [-0.39, 0.29) is 11.8 Å². The van der Waals surface area contributed by atoms with E-state index in [2.05, 4.69) is 59.2 Å². The third-order valence-electron chi connectivity index (χ3n) is 4.23. The summed E-state index contributed by atoms with van der Waals surface area (Å²) in [7, 11) is 0. The van der Waals surface area contributed by atoms with Crippen LogP contribution in [0, 0.1) is 5.92 Å². The van der Waals surface area contributed by atoms with E-state index in [4.69, 9.17) is 0 Å². The van der Waals surface area contributed by atoms with Crippen molar-refractivity contribution in [1.29, 1.82) is 0 Å². The monoisotopic (exact) mass is 344 g/mol. The van der Waals surface area contributed by atoms with Crippen LogP contribution in [0.3, 0.4) is 0 Å². The highest BCUT2D eigenvalue weighted by atomic mass is 16.1. The van der Waals surface area contributed by atoms with Gasteiger partial charge in [-0.05, 0) is 41.0 Å². The third kappa shape index (κ3) is 4.73. The lowest BCUT2D eigenvalue weighted by atomic mass is 10.0. The smallest absolute Gasteiger partial charge is 0.226 e. The molecular formula is C23H24N2O. The fourth-order valence-corrected chi connectivity index (χ4v) is 2.61. The van der Waals surface area contributed by atoms with Crippen molar-refractivity contribution in [3.8, 4) is 11.1 Å². The molecule has 3 aromatic rings. The molecule has 3 aromatic carbocycles. The number of anilines is 2. The van der Waals surface area contributed by atoms with E-state index in [1.807, 2.05) is 44.2 Å². The molecule has 0 saturated heterocycles. The minimum Gasteiger partial charge on any atom is -0.381 e. The first-order valence-corrected chi connectivity index (χ1v) is 8.91. The maximum absolute atomic E-state index is 11.7. The van der Waals surface area contributed by atoms with Gasteiger partial charge in [0.2, 0.25) is 5.91 Å². The molecule has 0 bridgehead atoms. The number of nitrogens with one attached hydrogen (secondary N) is 2. The van der Waals surface area contributed by atoms with Crippen LogP contribution >= 0.6 is 0 Å². The molecule has 0 aliphatic heterocycles. The highest BCUT2D eigenvalue weighted by molar-refractivity contribution is 5.92. The number of hydrogen-bond acceptors (Lipinski definition) is 2. The summed E-state index contributed by atoms with van der Waals surface area (Å²) in [6, 6.07) is 26.8. The zero-order valence-electron chi connectivity index (χ0n) is 15.2. The number of benzene rings is 3. The van der Waals surface area contributed by atoms with Crippen LogP contribution in [0.15, 0.2) is 78.9 Å². The number of amides is 1. The van der Waals surface area contributed by atoms with Crippen molar-refractivity contribution < 1.29 is 4.79 Å². The fraction of sp³-hybridized carbons (Fsp3) is 0.174. The lowest BCUT2D eigenvalue weighted by Gasteiger charge is -2.10. The maximum Gasteiger partial charge on any atom is 0.226 e. The van der Waals surface area contributed by atoms with Crippen molar-refractivity contribution in [3.63, 3.8) is 0 Å². The Labute approximate surface area is 155 Å². The molecule has 0 aromatic heterocycles. The number of rotatable bonds is 6. The van der Waals surface area contributed by atoms with E-state index in [0.29, 0.717) is 0 Å². The SMILES string of the molecule is CC(C)C(=O)Nc1ccc(NCc2ccc(-c3ccccc3)cc2)cc1. The molecule has 3 heteroatoms. The molecule has 0 heterocycles. The zero-order chi connectivity index (χ0) is 18.4. The molecule has 1 amide bonds. The van der Waals surface area contributed by atoms with Crippen LogP contribution in [-0.4, -0.2) is 5.91 Å². The minimum atomic E-state index is -0.0216. The molecule has 0 aliphatic carbocycles. The molecule has 0 unspecified atom stereocenters. The van der Waals surface area contributed by atoms with Gasteiger partial charge in [-0.15, -0.1) is 0 Å². The van der Waals surface area contributed by atoms with E-state index in [9.17, 15) is 4.79 Å². The highest BCUT2D eigenvalue weighted by Gasteiger charge is 2.06. The van der Waals surface area contributed by atoms with Gasteiger partial charge >= 0.3 is 0 Å². The first kappa shape index (κ1) is 17.7. The number of hydrogen-bond donors (Lipinski definition) is 2. The van der Waals surface area contributed by atoms with Crippen molar-refractivity contribution in [1.82, 2.24) is 0 Å². The molecule has 0 fully saturated rings. The average molecular weight is 344 g/mol. The van der Waals surface area contributed by atoms with Crippen LogP contribution in [0.1, 0.15) is 19.4 Å². The van der Waals surface area contributed by atoms with Gasteiger partial charge in [0, 0.05) is 23.8 Å². The molecule has 0 spiro atoms. The summed E-state index contributed by atoms with van der Waals surface area (Å²) in [5.41, 5.74) is 5.52. The molecule has 0 atom stereocenters. The first-order chi connectivity index (χ1) is 12.6. The Bertz CT molecular complexity index is 838. The van der Waals surface area contributed by atoms with Crippen molar-refractivity contribution in [2.75, 3.05) is 10.6 Å². The van der Waals surface area contributed by atoms with E-state index < -0.39 is 0 Å². The molecule has 0 saturated carbocycles. The van der Waals surface area contributed by atoms with Crippen LogP contribution in [0.25, 0.3) is 11.1 Å². The molecule has 0 aliphatic rings. The van der Waals surface area contributed by atoms with Crippen molar-refractivity contribution in [2.45, 2.75) is 20.4 Å². The van der Waals surface area contributed by atoms with Gasteiger partial charge in [0.1, 0.15) is 0 Å². The third-order valence-corrected chi connectivity index (χ3v) is 4.23. The summed E-state index contributed by atoms with van der Waals surface area (Å²) in [5, 5.41) is 6.31. The predicted octanol–water partition coefficient (Wildman–Crippen LogP) is 5.56. The van der Waals surface area contributed by atoms with Crippen molar-refractivity contribution in [2.24, 2.45) is 5.92 Å². The van der Waals surface area contributed by atoms with Crippen LogP contribution in [0.4, 0.5) is 11.4 Å². The van der Waals surface area contributed by atoms with Gasteiger partial charge in [-0.25, -0.2) is 0 Å². The standard InChI is InChI=1S/C23H24N2O/c1-17(2)23(26)25-22-14-12-21(13-15-22)24-16-18-8-10-20(11-9-18)19-6-4-3-5-7-19/h3-15,17,24H,16H2,1-2H3,(H,25,26). The highest BCUT2D eigenvalue weighted by Crippen LogP contribution is 2.20. The van der Waals surface area contributed by atoms with Gasteiger partial charge < -0.3 is 10.6 Å². The summed E-state index contributed by atoms with van der Waals surface area (Å²) < 4.78 is 0. The maximum atomic E-state index is 11.7. The second-order valence-electron chi connectivity index (χ2n) is 6.64. The van der Waals surface area contributed by atoms with E-state index >= 15 is 0 Å². The molecule has 0 radical (unpaired) electrons. The summed E-state index contributed by atoms with van der Waals surface area (Å²) in [6.45, 7) is 4.52. The van der Waals surface area contributed by atoms with Gasteiger partial charge in [0.05, 0.1) is 0 Å². The Kier molecular flexibility index (Phi) is 5.69. The van der Waals surface area contributed by atoms with Gasteiger partial charge in [-0.3, -0.25) is 4.79 Å². The van der Waals surface area contributed by atoms with Crippen molar-refractivity contribution in [3.05, 3.63) is 84.4 Å². The largest absolute Gasteiger partial charge is 0.381 e. The Morgan fingerprint density at radius 2 is 1.35 bits per heavy atom. The predicted molar refractivity (Wildman–Crippen MR) is 109 cm³/mol. The molecule has 26 heavy (non-hydrogen) atoms. The van der Waals surface area contributed by atoms with Gasteiger partial charge in [-0.1, -0.05) is 68.4 Å². The Hall–Kier alpha value is -3.07. The lowest BCUT2D eigenvalue weighted by Crippen LogP contribution is -2.17. The van der Waals surface area contributed by atoms with Crippen LogP contribution < -0.4 is 10.6 Å². The van der Waals surface area contributed by atoms with E-state index in [1.165, 1.54) is 16.7 Å². The first-order valence-electron chi connectivity index (χ1n) is 8.91. The second kappa shape index (κ2) is 8.34. The number of carbonyl (C=O) groups excluding carboxylic acids is 1. The van der Waals surface area contributed by atoms with Gasteiger partial charge in [0.15, 0.2) is 0 Å². The van der Waals surface area contributed by atoms with Crippen LogP contribution in [0.2, 0.25) is 0 Å². The minimum absolute atomic E-state index is 0.0216. The number of carbonyl (C=O) groups is 1. The van der Waals surface area contributed by atoms with Gasteiger partial charge in [0.25, 0.3) is 0 Å². The Balaban J connectivity index is 1.56. The molecular weight excluding hydrogens is 320 g/mol. The van der Waals surface area contributed by atoms with E-state index in [1.54, 1.807) is 0 Å². The molecule has 3 nitrogen and oxygen atoms in total. The Morgan fingerprint density at radius 3 is 1.96 bits per heavy atom. The average Bonchev–Trinajstić information content (AvgIpc) is 2.68. The normalized spacial score (nSPS) is 10.6. The summed E-state index contributed by atoms with van der Waals surface area (Å²) in [6.07, 6.45) is 0. The summed E-state index contributed by atoms with van der Waals surface area (Å²) >= 11 is 0. The van der Waals surface area contributed by atoms with Crippen LogP contribution in [-0.2, 0) is 11.3 Å². The molecule has 3 rings (SSSR count). The zero-order valence-corrected chi connectivity index (χ0v) is 15.2. The summed E-state index contributed by atoms with van der Waals surface area (Å²) in [5.74, 6) is 0.0101. The van der Waals surface area contributed by atoms with E-state index in [0.717, 1.165) is 17.9 Å². The quantitative estimate of drug-likeness (QED) is 0.614. The van der Waals surface area contributed by atoms with Crippen molar-refractivity contribution >= 4 is 17.3 Å². The lowest BCUT2D eigenvalue weighted by molar-refractivity contribution is -0.118. The van der Waals surface area contributed by atoms with Crippen LogP contribution in [0.5, 0.6) is 0 Å². The molecule has 2 N–H and O–H groups in total. The molecule has 132 valence electrons. The van der Waals surface area contributed by atoms with Gasteiger partial charge in [-0.2, -0.15) is 0 Å². The summed E-state index contributed by atoms with van der Waals surface area (Å²) in [4.78, 5) is 11.7. The fourth-order valence-electron chi connectivity index (χ4n) is 2.61. The Morgan fingerprint density at radius 1 is 0.769 bits per heavy atom. The second-order valence-corrected chi connectivity index (χ2v) is 6.64. The topological polar surface area (TPSA) is 41.1 Å².